The van der Waals surface area contributed by atoms with Crippen molar-refractivity contribution in [3.8, 4) is 0 Å². The number of hydrogen-bond acceptors (Lipinski definition) is 1. The average molecular weight is 233 g/mol. The second-order valence-corrected chi connectivity index (χ2v) is 2.80. The van der Waals surface area contributed by atoms with Gasteiger partial charge in [-0.3, -0.25) is 0 Å². The van der Waals surface area contributed by atoms with E-state index in [0.717, 1.165) is 6.07 Å². The van der Waals surface area contributed by atoms with E-state index in [1.807, 2.05) is 0 Å². The Morgan fingerprint density at radius 3 is 2.75 bits per heavy atom. The van der Waals surface area contributed by atoms with E-state index in [0.29, 0.717) is 10.9 Å². The number of alkyl halides is 1. The lowest BCUT2D eigenvalue weighted by molar-refractivity contribution is 0.0695. The van der Waals surface area contributed by atoms with Crippen LogP contribution in [0.25, 0.3) is 0 Å². The Bertz CT molecular complexity index is 312. The fourth-order valence-corrected chi connectivity index (χ4v) is 1.35. The summed E-state index contributed by atoms with van der Waals surface area (Å²) in [5, 5.41) is 9.05. The molecule has 0 spiro atoms. The van der Waals surface area contributed by atoms with Crippen LogP contribution >= 0.6 is 15.9 Å². The molecule has 0 aliphatic rings. The SMILES string of the molecule is O=C(O)c1cc(F)ccc1CBr. The zero-order valence-electron chi connectivity index (χ0n) is 6.05. The molecular formula is C8H6BrFO2. The maximum absolute atomic E-state index is 12.6. The van der Waals surface area contributed by atoms with Crippen LogP contribution in [0.1, 0.15) is 15.9 Å². The maximum atomic E-state index is 12.6. The number of benzene rings is 1. The van der Waals surface area contributed by atoms with E-state index in [2.05, 4.69) is 15.9 Å². The normalized spacial score (nSPS) is 9.83. The van der Waals surface area contributed by atoms with Gasteiger partial charge >= 0.3 is 5.97 Å². The summed E-state index contributed by atoms with van der Waals surface area (Å²) in [6.45, 7) is 0. The minimum absolute atomic E-state index is 0.00637. The first kappa shape index (κ1) is 9.19. The highest BCUT2D eigenvalue weighted by molar-refractivity contribution is 9.08. The van der Waals surface area contributed by atoms with Crippen LogP contribution in [0.5, 0.6) is 0 Å². The largest absolute Gasteiger partial charge is 0.478 e. The van der Waals surface area contributed by atoms with Crippen molar-refractivity contribution in [2.45, 2.75) is 5.33 Å². The van der Waals surface area contributed by atoms with Crippen LogP contribution in [-0.4, -0.2) is 11.1 Å². The van der Waals surface area contributed by atoms with Gasteiger partial charge in [0.15, 0.2) is 0 Å². The van der Waals surface area contributed by atoms with Gasteiger partial charge in [0.25, 0.3) is 0 Å². The van der Waals surface area contributed by atoms with Crippen molar-refractivity contribution in [2.75, 3.05) is 0 Å². The van der Waals surface area contributed by atoms with Gasteiger partial charge in [0.2, 0.25) is 0 Å². The molecule has 0 heterocycles. The number of rotatable bonds is 2. The quantitative estimate of drug-likeness (QED) is 0.796. The average Bonchev–Trinajstić information content (AvgIpc) is 2.04. The van der Waals surface area contributed by atoms with Gasteiger partial charge in [-0.25, -0.2) is 9.18 Å². The molecule has 1 aromatic carbocycles. The molecule has 1 rings (SSSR count). The summed E-state index contributed by atoms with van der Waals surface area (Å²) in [6, 6.07) is 3.70. The summed E-state index contributed by atoms with van der Waals surface area (Å²) in [6.07, 6.45) is 0. The van der Waals surface area contributed by atoms with Crippen LogP contribution in [0.2, 0.25) is 0 Å². The fraction of sp³-hybridized carbons (Fsp3) is 0.125. The Hall–Kier alpha value is -0.900. The molecule has 4 heteroatoms. The molecule has 12 heavy (non-hydrogen) atoms. The van der Waals surface area contributed by atoms with Gasteiger partial charge in [-0.15, -0.1) is 0 Å². The molecular weight excluding hydrogens is 227 g/mol. The van der Waals surface area contributed by atoms with E-state index < -0.39 is 11.8 Å². The van der Waals surface area contributed by atoms with E-state index in [-0.39, 0.29) is 5.56 Å². The van der Waals surface area contributed by atoms with E-state index in [1.54, 1.807) is 0 Å². The van der Waals surface area contributed by atoms with Crippen LogP contribution in [0.4, 0.5) is 4.39 Å². The molecule has 1 N–H and O–H groups in total. The molecule has 0 bridgehead atoms. The number of hydrogen-bond donors (Lipinski definition) is 1. The molecule has 0 aliphatic carbocycles. The van der Waals surface area contributed by atoms with Crippen LogP contribution in [0.3, 0.4) is 0 Å². The van der Waals surface area contributed by atoms with Crippen molar-refractivity contribution in [3.05, 3.63) is 35.1 Å². The lowest BCUT2D eigenvalue weighted by atomic mass is 10.1. The first-order valence-corrected chi connectivity index (χ1v) is 4.35. The molecule has 0 atom stereocenters. The third-order valence-corrected chi connectivity index (χ3v) is 2.05. The summed E-state index contributed by atoms with van der Waals surface area (Å²) >= 11 is 3.12. The Balaban J connectivity index is 3.21. The summed E-state index contributed by atoms with van der Waals surface area (Å²) in [5.74, 6) is -1.64. The molecule has 0 fully saturated rings. The van der Waals surface area contributed by atoms with Crippen molar-refractivity contribution in [1.82, 2.24) is 0 Å². The molecule has 0 amide bonds. The molecule has 0 radical (unpaired) electrons. The molecule has 0 saturated heterocycles. The van der Waals surface area contributed by atoms with Gasteiger partial charge in [0, 0.05) is 5.33 Å². The third-order valence-electron chi connectivity index (χ3n) is 1.45. The second kappa shape index (κ2) is 3.67. The standard InChI is InChI=1S/C8H6BrFO2/c9-4-5-1-2-6(10)3-7(5)8(11)12/h1-3H,4H2,(H,11,12). The summed E-state index contributed by atoms with van der Waals surface area (Å²) in [5.41, 5.74) is 0.579. The molecule has 2 nitrogen and oxygen atoms in total. The number of halogens is 2. The summed E-state index contributed by atoms with van der Waals surface area (Å²) in [7, 11) is 0. The highest BCUT2D eigenvalue weighted by Gasteiger charge is 2.09. The van der Waals surface area contributed by atoms with Gasteiger partial charge in [-0.2, -0.15) is 0 Å². The predicted molar refractivity (Wildman–Crippen MR) is 46.0 cm³/mol. The van der Waals surface area contributed by atoms with Gasteiger partial charge in [-0.1, -0.05) is 22.0 Å². The van der Waals surface area contributed by atoms with Gasteiger partial charge in [-0.05, 0) is 17.7 Å². The third kappa shape index (κ3) is 1.82. The number of carboxylic acids is 1. The van der Waals surface area contributed by atoms with Crippen LogP contribution in [0, 0.1) is 5.82 Å². The van der Waals surface area contributed by atoms with Crippen LogP contribution < -0.4 is 0 Å². The minimum atomic E-state index is -1.11. The van der Waals surface area contributed by atoms with E-state index in [9.17, 15) is 9.18 Å². The summed E-state index contributed by atoms with van der Waals surface area (Å²) < 4.78 is 12.6. The molecule has 0 aliphatic heterocycles. The highest BCUT2D eigenvalue weighted by Crippen LogP contribution is 2.14. The minimum Gasteiger partial charge on any atom is -0.478 e. The molecule has 0 unspecified atom stereocenters. The zero-order valence-corrected chi connectivity index (χ0v) is 7.64. The zero-order chi connectivity index (χ0) is 9.14. The lowest BCUT2D eigenvalue weighted by Crippen LogP contribution is -2.01. The van der Waals surface area contributed by atoms with Crippen molar-refractivity contribution in [1.29, 1.82) is 0 Å². The van der Waals surface area contributed by atoms with Crippen LogP contribution in [-0.2, 0) is 5.33 Å². The molecule has 0 aromatic heterocycles. The second-order valence-electron chi connectivity index (χ2n) is 2.24. The Labute approximate surface area is 77.2 Å². The predicted octanol–water partition coefficient (Wildman–Crippen LogP) is 2.42. The van der Waals surface area contributed by atoms with Crippen molar-refractivity contribution in [2.24, 2.45) is 0 Å². The monoisotopic (exact) mass is 232 g/mol. The van der Waals surface area contributed by atoms with Gasteiger partial charge in [0.1, 0.15) is 5.82 Å². The number of carboxylic acid groups (broad SMARTS) is 1. The summed E-state index contributed by atoms with van der Waals surface area (Å²) in [4.78, 5) is 10.5. The lowest BCUT2D eigenvalue weighted by Gasteiger charge is -2.01. The van der Waals surface area contributed by atoms with Gasteiger partial charge < -0.3 is 5.11 Å². The first-order chi connectivity index (χ1) is 5.65. The van der Waals surface area contributed by atoms with E-state index in [4.69, 9.17) is 5.11 Å². The smallest absolute Gasteiger partial charge is 0.336 e. The Morgan fingerprint density at radius 2 is 2.25 bits per heavy atom. The number of aromatic carboxylic acids is 1. The highest BCUT2D eigenvalue weighted by atomic mass is 79.9. The van der Waals surface area contributed by atoms with E-state index in [1.165, 1.54) is 12.1 Å². The Kier molecular flexibility index (Phi) is 2.81. The first-order valence-electron chi connectivity index (χ1n) is 3.23. The molecule has 64 valence electrons. The molecule has 0 saturated carbocycles. The van der Waals surface area contributed by atoms with Gasteiger partial charge in [0.05, 0.1) is 5.56 Å². The van der Waals surface area contributed by atoms with E-state index >= 15 is 0 Å². The fourth-order valence-electron chi connectivity index (χ4n) is 0.864. The molecule has 1 aromatic rings. The number of carbonyl (C=O) groups is 1. The van der Waals surface area contributed by atoms with Crippen molar-refractivity contribution < 1.29 is 14.3 Å². The maximum Gasteiger partial charge on any atom is 0.336 e. The topological polar surface area (TPSA) is 37.3 Å². The van der Waals surface area contributed by atoms with Crippen molar-refractivity contribution >= 4 is 21.9 Å². The van der Waals surface area contributed by atoms with Crippen molar-refractivity contribution in [3.63, 3.8) is 0 Å². The van der Waals surface area contributed by atoms with Crippen LogP contribution in [0.15, 0.2) is 18.2 Å². The Morgan fingerprint density at radius 1 is 1.58 bits per heavy atom.